The molecule has 0 spiro atoms. The van der Waals surface area contributed by atoms with Crippen LogP contribution in [0.2, 0.25) is 0 Å². The number of hydrogen-bond donors (Lipinski definition) is 1. The largest absolute Gasteiger partial charge is 0.508 e. The molecule has 1 heterocycles. The molecule has 7 nitrogen and oxygen atoms in total. The van der Waals surface area contributed by atoms with Crippen LogP contribution in [-0.4, -0.2) is 34.6 Å². The van der Waals surface area contributed by atoms with Gasteiger partial charge in [-0.25, -0.2) is 9.78 Å². The number of aromatic nitrogens is 3. The molecule has 0 atom stereocenters. The van der Waals surface area contributed by atoms with Gasteiger partial charge in [0, 0.05) is 16.7 Å². The fourth-order valence-corrected chi connectivity index (χ4v) is 2.76. The molecule has 2 aromatic carbocycles. The number of carbonyl (C=O) groups excluding carboxylic acids is 1. The van der Waals surface area contributed by atoms with Crippen LogP contribution in [-0.2, 0) is 16.1 Å². The topological polar surface area (TPSA) is 86.3 Å². The molecule has 0 radical (unpaired) electrons. The molecule has 152 valence electrons. The minimum atomic E-state index is -0.667. The number of aromatic amines is 1. The second-order valence-electron chi connectivity index (χ2n) is 6.37. The first kappa shape index (κ1) is 20.4. The lowest BCUT2D eigenvalue weighted by atomic mass is 10.1. The zero-order chi connectivity index (χ0) is 20.5. The van der Waals surface area contributed by atoms with Crippen LogP contribution < -0.4 is 4.74 Å². The Morgan fingerprint density at radius 2 is 1.93 bits per heavy atom. The van der Waals surface area contributed by atoms with Crippen LogP contribution in [0.3, 0.4) is 0 Å². The summed E-state index contributed by atoms with van der Waals surface area (Å²) in [6.45, 7) is 5.02. The molecule has 7 heteroatoms. The summed E-state index contributed by atoms with van der Waals surface area (Å²) in [5.74, 6) is 1.93. The Balaban J connectivity index is 1.73. The van der Waals surface area contributed by atoms with Crippen molar-refractivity contribution in [3.63, 3.8) is 0 Å². The number of ether oxygens (including phenoxy) is 3. The summed E-state index contributed by atoms with van der Waals surface area (Å²) in [6.07, 6.45) is 1.10. The van der Waals surface area contributed by atoms with Gasteiger partial charge in [0.15, 0.2) is 11.6 Å². The van der Waals surface area contributed by atoms with Gasteiger partial charge in [0.05, 0.1) is 13.2 Å². The highest BCUT2D eigenvalue weighted by atomic mass is 16.7. The lowest BCUT2D eigenvalue weighted by Crippen LogP contribution is -2.09. The summed E-state index contributed by atoms with van der Waals surface area (Å²) in [5, 5.41) is 7.29. The number of hydrogen-bond acceptors (Lipinski definition) is 6. The van der Waals surface area contributed by atoms with Crippen LogP contribution in [0.4, 0.5) is 4.79 Å². The minimum absolute atomic E-state index is 0.0942. The smallest absolute Gasteiger partial charge is 0.494 e. The summed E-state index contributed by atoms with van der Waals surface area (Å²) >= 11 is 0. The van der Waals surface area contributed by atoms with Gasteiger partial charge in [-0.3, -0.25) is 5.10 Å². The highest BCUT2D eigenvalue weighted by Gasteiger charge is 2.13. The van der Waals surface area contributed by atoms with E-state index in [0.29, 0.717) is 24.9 Å². The van der Waals surface area contributed by atoms with Gasteiger partial charge in [0.2, 0.25) is 0 Å². The van der Waals surface area contributed by atoms with Crippen molar-refractivity contribution in [2.75, 3.05) is 13.2 Å². The van der Waals surface area contributed by atoms with Gasteiger partial charge < -0.3 is 14.2 Å². The molecule has 29 heavy (non-hydrogen) atoms. The average molecular weight is 395 g/mol. The molecule has 0 amide bonds. The Morgan fingerprint density at radius 3 is 2.76 bits per heavy atom. The van der Waals surface area contributed by atoms with Crippen molar-refractivity contribution in [3.8, 4) is 28.5 Å². The fraction of sp³-hybridized carbons (Fsp3) is 0.318. The van der Waals surface area contributed by atoms with Crippen molar-refractivity contribution in [3.05, 3.63) is 54.1 Å². The highest BCUT2D eigenvalue weighted by Crippen LogP contribution is 2.25. The van der Waals surface area contributed by atoms with Crippen molar-refractivity contribution in [1.29, 1.82) is 0 Å². The van der Waals surface area contributed by atoms with Gasteiger partial charge in [-0.15, -0.1) is 0 Å². The minimum Gasteiger partial charge on any atom is -0.494 e. The third kappa shape index (κ3) is 5.57. The van der Waals surface area contributed by atoms with Crippen LogP contribution in [0.5, 0.6) is 5.75 Å². The maximum absolute atomic E-state index is 11.7. The predicted molar refractivity (Wildman–Crippen MR) is 109 cm³/mol. The molecule has 1 N–H and O–H groups in total. The first-order valence-corrected chi connectivity index (χ1v) is 9.74. The van der Waals surface area contributed by atoms with E-state index in [1.165, 1.54) is 0 Å². The van der Waals surface area contributed by atoms with Crippen LogP contribution in [0.15, 0.2) is 48.5 Å². The van der Waals surface area contributed by atoms with Gasteiger partial charge in [0.25, 0.3) is 0 Å². The van der Waals surface area contributed by atoms with Crippen molar-refractivity contribution >= 4 is 6.16 Å². The van der Waals surface area contributed by atoms with E-state index in [1.54, 1.807) is 0 Å². The summed E-state index contributed by atoms with van der Waals surface area (Å²) in [7, 11) is 0. The van der Waals surface area contributed by atoms with E-state index in [-0.39, 0.29) is 6.61 Å². The van der Waals surface area contributed by atoms with Crippen LogP contribution in [0, 0.1) is 0 Å². The third-order valence-corrected chi connectivity index (χ3v) is 4.22. The Morgan fingerprint density at radius 1 is 1.07 bits per heavy atom. The highest BCUT2D eigenvalue weighted by molar-refractivity contribution is 5.65. The van der Waals surface area contributed by atoms with Gasteiger partial charge in [-0.2, -0.15) is 5.10 Å². The number of H-pyrrole nitrogens is 1. The van der Waals surface area contributed by atoms with E-state index in [0.717, 1.165) is 35.3 Å². The first-order chi connectivity index (χ1) is 14.2. The summed E-state index contributed by atoms with van der Waals surface area (Å²) in [6, 6.07) is 15.2. The van der Waals surface area contributed by atoms with Crippen molar-refractivity contribution < 1.29 is 19.0 Å². The lowest BCUT2D eigenvalue weighted by molar-refractivity contribution is 0.0492. The zero-order valence-corrected chi connectivity index (χ0v) is 16.7. The third-order valence-electron chi connectivity index (χ3n) is 4.22. The fourth-order valence-electron chi connectivity index (χ4n) is 2.76. The van der Waals surface area contributed by atoms with Gasteiger partial charge in [-0.1, -0.05) is 49.7 Å². The van der Waals surface area contributed by atoms with Crippen molar-refractivity contribution in [2.24, 2.45) is 0 Å². The molecule has 0 bridgehead atoms. The standard InChI is InChI=1S/C22H25N3O4/c1-3-5-13-28-22(26)29-15-17-9-6-7-12-19(17)21-23-20(24-25-21)16-10-8-11-18(14-16)27-4-2/h6-12,14H,3-5,13,15H2,1-2H3,(H,23,24,25). The Bertz CT molecular complexity index is 939. The SMILES string of the molecule is CCCCOC(=O)OCc1ccccc1-c1nc(-c2cccc(OCC)c2)n[nH]1. The predicted octanol–water partition coefficient (Wildman–Crippen LogP) is 4.99. The maximum Gasteiger partial charge on any atom is 0.508 e. The molecule has 0 aliphatic rings. The first-order valence-electron chi connectivity index (χ1n) is 9.74. The number of rotatable bonds is 9. The lowest BCUT2D eigenvalue weighted by Gasteiger charge is -2.08. The van der Waals surface area contributed by atoms with Crippen LogP contribution in [0.1, 0.15) is 32.3 Å². The number of nitrogens with zero attached hydrogens (tertiary/aromatic N) is 2. The van der Waals surface area contributed by atoms with E-state index in [2.05, 4.69) is 15.2 Å². The number of nitrogens with one attached hydrogen (secondary N) is 1. The molecule has 0 fully saturated rings. The molecule has 0 saturated heterocycles. The van der Waals surface area contributed by atoms with E-state index in [1.807, 2.05) is 62.4 Å². The summed E-state index contributed by atoms with van der Waals surface area (Å²) < 4.78 is 15.8. The molecule has 0 saturated carbocycles. The number of unbranched alkanes of at least 4 members (excludes halogenated alkanes) is 1. The van der Waals surface area contributed by atoms with E-state index < -0.39 is 6.16 Å². The number of benzene rings is 2. The van der Waals surface area contributed by atoms with E-state index in [4.69, 9.17) is 14.2 Å². The second-order valence-corrected chi connectivity index (χ2v) is 6.37. The Kier molecular flexibility index (Phi) is 7.22. The molecule has 0 aliphatic heterocycles. The molecule has 3 rings (SSSR count). The second kappa shape index (κ2) is 10.3. The molecule has 1 aromatic heterocycles. The molecular formula is C22H25N3O4. The van der Waals surface area contributed by atoms with E-state index >= 15 is 0 Å². The van der Waals surface area contributed by atoms with Crippen LogP contribution >= 0.6 is 0 Å². The molecule has 0 unspecified atom stereocenters. The van der Waals surface area contributed by atoms with Crippen molar-refractivity contribution in [1.82, 2.24) is 15.2 Å². The van der Waals surface area contributed by atoms with Crippen LogP contribution in [0.25, 0.3) is 22.8 Å². The summed E-state index contributed by atoms with van der Waals surface area (Å²) in [5.41, 5.74) is 2.48. The summed E-state index contributed by atoms with van der Waals surface area (Å²) in [4.78, 5) is 16.3. The van der Waals surface area contributed by atoms with E-state index in [9.17, 15) is 4.79 Å². The average Bonchev–Trinajstić information content (AvgIpc) is 3.23. The van der Waals surface area contributed by atoms with Gasteiger partial charge >= 0.3 is 6.16 Å². The van der Waals surface area contributed by atoms with Crippen molar-refractivity contribution in [2.45, 2.75) is 33.3 Å². The quantitative estimate of drug-likeness (QED) is 0.406. The zero-order valence-electron chi connectivity index (χ0n) is 16.7. The molecular weight excluding hydrogens is 370 g/mol. The molecule has 3 aromatic rings. The molecule has 0 aliphatic carbocycles. The maximum atomic E-state index is 11.7. The monoisotopic (exact) mass is 395 g/mol. The Labute approximate surface area is 170 Å². The number of carbonyl (C=O) groups is 1. The van der Waals surface area contributed by atoms with Gasteiger partial charge in [-0.05, 0) is 25.5 Å². The Hall–Kier alpha value is -3.35. The van der Waals surface area contributed by atoms with Gasteiger partial charge in [0.1, 0.15) is 12.4 Å². The normalized spacial score (nSPS) is 10.6.